The van der Waals surface area contributed by atoms with Gasteiger partial charge in [0.25, 0.3) is 0 Å². The molecule has 176 valence electrons. The number of aromatic nitrogens is 1. The van der Waals surface area contributed by atoms with Crippen LogP contribution < -0.4 is 10.6 Å². The predicted octanol–water partition coefficient (Wildman–Crippen LogP) is 4.68. The molecule has 2 unspecified atom stereocenters. The van der Waals surface area contributed by atoms with Crippen molar-refractivity contribution < 1.29 is 19.1 Å². The van der Waals surface area contributed by atoms with Crippen molar-refractivity contribution in [2.24, 2.45) is 5.92 Å². The number of likely N-dealkylation sites (tertiary alicyclic amines) is 1. The first-order valence-electron chi connectivity index (χ1n) is 11.2. The van der Waals surface area contributed by atoms with Crippen molar-refractivity contribution in [2.45, 2.75) is 59.1 Å². The van der Waals surface area contributed by atoms with Gasteiger partial charge in [-0.2, -0.15) is 0 Å². The Balaban J connectivity index is 1.68. The fourth-order valence-electron chi connectivity index (χ4n) is 3.87. The Kier molecular flexibility index (Phi) is 7.36. The van der Waals surface area contributed by atoms with Crippen LogP contribution in [0.1, 0.15) is 57.7 Å². The van der Waals surface area contributed by atoms with Gasteiger partial charge in [-0.1, -0.05) is 37.3 Å². The molecule has 0 radical (unpaired) electrons. The van der Waals surface area contributed by atoms with Crippen molar-refractivity contribution in [3.8, 4) is 0 Å². The number of nitrogens with one attached hydrogen (secondary N) is 2. The van der Waals surface area contributed by atoms with Crippen molar-refractivity contribution >= 4 is 29.4 Å². The van der Waals surface area contributed by atoms with Crippen LogP contribution in [-0.2, 0) is 14.3 Å². The quantitative estimate of drug-likeness (QED) is 0.659. The number of anilines is 2. The summed E-state index contributed by atoms with van der Waals surface area (Å²) in [4.78, 5) is 43.7. The second-order valence-electron chi connectivity index (χ2n) is 9.53. The maximum absolute atomic E-state index is 13.0. The lowest BCUT2D eigenvalue weighted by atomic mass is 9.88. The molecule has 0 aliphatic carbocycles. The van der Waals surface area contributed by atoms with Crippen LogP contribution in [0.25, 0.3) is 0 Å². The summed E-state index contributed by atoms with van der Waals surface area (Å²) in [6.07, 6.45) is 2.46. The summed E-state index contributed by atoms with van der Waals surface area (Å²) in [5.74, 6) is -0.481. The second kappa shape index (κ2) is 10.0. The lowest BCUT2D eigenvalue weighted by Crippen LogP contribution is -2.45. The molecule has 2 atom stereocenters. The number of hydrogen-bond donors (Lipinski definition) is 2. The van der Waals surface area contributed by atoms with Gasteiger partial charge in [0.1, 0.15) is 11.4 Å². The molecule has 8 heteroatoms. The number of carbonyl (C=O) groups excluding carboxylic acids is 3. The molecule has 0 spiro atoms. The predicted molar refractivity (Wildman–Crippen MR) is 127 cm³/mol. The number of rotatable bonds is 3. The highest BCUT2D eigenvalue weighted by Gasteiger charge is 2.34. The number of aryl methyl sites for hydroxylation is 1. The lowest BCUT2D eigenvalue weighted by Gasteiger charge is -2.38. The van der Waals surface area contributed by atoms with Crippen LogP contribution in [-0.4, -0.2) is 39.9 Å². The third-order valence-corrected chi connectivity index (χ3v) is 5.46. The Bertz CT molecular complexity index is 1020. The average Bonchev–Trinajstić information content (AvgIpc) is 2.74. The maximum Gasteiger partial charge on any atom is 0.413 e. The van der Waals surface area contributed by atoms with Gasteiger partial charge in [0, 0.05) is 6.54 Å². The van der Waals surface area contributed by atoms with Gasteiger partial charge < -0.3 is 15.0 Å². The third-order valence-electron chi connectivity index (χ3n) is 5.46. The maximum atomic E-state index is 13.0. The standard InChI is InChI=1S/C25H32N4O4/c1-16-11-12-29(20(13-16)18-9-7-6-8-10-18)23(31)22(30)27-19-14-17(2)21(26-15-19)28-24(32)33-25(3,4)5/h6-10,14-16,20H,11-13H2,1-5H3,(H,27,30)(H,26,28,32). The summed E-state index contributed by atoms with van der Waals surface area (Å²) in [7, 11) is 0. The number of amides is 3. The minimum Gasteiger partial charge on any atom is -0.444 e. The number of hydrogen-bond acceptors (Lipinski definition) is 5. The number of pyridine rings is 1. The number of benzene rings is 1. The van der Waals surface area contributed by atoms with Gasteiger partial charge in [0.15, 0.2) is 0 Å². The van der Waals surface area contributed by atoms with E-state index in [4.69, 9.17) is 4.74 Å². The topological polar surface area (TPSA) is 101 Å². The minimum atomic E-state index is -0.709. The molecule has 1 aliphatic rings. The van der Waals surface area contributed by atoms with Crippen LogP contribution in [0.3, 0.4) is 0 Å². The van der Waals surface area contributed by atoms with E-state index in [1.165, 1.54) is 6.20 Å². The number of carbonyl (C=O) groups is 3. The van der Waals surface area contributed by atoms with Gasteiger partial charge in [-0.05, 0) is 63.6 Å². The fourth-order valence-corrected chi connectivity index (χ4v) is 3.87. The number of nitrogens with zero attached hydrogens (tertiary/aromatic N) is 2. The van der Waals surface area contributed by atoms with E-state index in [0.29, 0.717) is 29.5 Å². The van der Waals surface area contributed by atoms with Crippen LogP contribution in [0.4, 0.5) is 16.3 Å². The van der Waals surface area contributed by atoms with Gasteiger partial charge in [-0.25, -0.2) is 9.78 Å². The summed E-state index contributed by atoms with van der Waals surface area (Å²) >= 11 is 0. The molecule has 1 saturated heterocycles. The molecule has 2 N–H and O–H groups in total. The molecule has 8 nitrogen and oxygen atoms in total. The normalized spacial score (nSPS) is 18.4. The average molecular weight is 453 g/mol. The highest BCUT2D eigenvalue weighted by atomic mass is 16.6. The Hall–Kier alpha value is -3.42. The Morgan fingerprint density at radius 3 is 2.45 bits per heavy atom. The monoisotopic (exact) mass is 452 g/mol. The first-order valence-corrected chi connectivity index (χ1v) is 11.2. The summed E-state index contributed by atoms with van der Waals surface area (Å²) < 4.78 is 5.23. The Morgan fingerprint density at radius 2 is 1.82 bits per heavy atom. The minimum absolute atomic E-state index is 0.131. The highest BCUT2D eigenvalue weighted by molar-refractivity contribution is 6.39. The smallest absolute Gasteiger partial charge is 0.413 e. The molecule has 1 aromatic carbocycles. The van der Waals surface area contributed by atoms with Gasteiger partial charge >= 0.3 is 17.9 Å². The molecule has 2 aromatic rings. The van der Waals surface area contributed by atoms with Crippen molar-refractivity contribution in [2.75, 3.05) is 17.2 Å². The summed E-state index contributed by atoms with van der Waals surface area (Å²) in [6.45, 7) is 9.76. The second-order valence-corrected chi connectivity index (χ2v) is 9.53. The molecule has 1 fully saturated rings. The summed E-state index contributed by atoms with van der Waals surface area (Å²) in [5, 5.41) is 5.23. The van der Waals surface area contributed by atoms with E-state index < -0.39 is 23.5 Å². The number of ether oxygens (including phenoxy) is 1. The molecule has 33 heavy (non-hydrogen) atoms. The molecule has 3 amide bonds. The molecular weight excluding hydrogens is 420 g/mol. The zero-order valence-electron chi connectivity index (χ0n) is 19.8. The van der Waals surface area contributed by atoms with Gasteiger partial charge in [-0.3, -0.25) is 14.9 Å². The Labute approximate surface area is 194 Å². The van der Waals surface area contributed by atoms with E-state index in [1.54, 1.807) is 38.7 Å². The highest BCUT2D eigenvalue weighted by Crippen LogP contribution is 2.34. The zero-order chi connectivity index (χ0) is 24.2. The van der Waals surface area contributed by atoms with Crippen LogP contribution in [0.2, 0.25) is 0 Å². The van der Waals surface area contributed by atoms with E-state index >= 15 is 0 Å². The van der Waals surface area contributed by atoms with Crippen LogP contribution in [0.5, 0.6) is 0 Å². The first kappa shape index (κ1) is 24.2. The molecule has 1 aromatic heterocycles. The zero-order valence-corrected chi connectivity index (χ0v) is 19.8. The van der Waals surface area contributed by atoms with Crippen LogP contribution >= 0.6 is 0 Å². The molecule has 0 bridgehead atoms. The van der Waals surface area contributed by atoms with E-state index in [1.807, 2.05) is 30.3 Å². The van der Waals surface area contributed by atoms with E-state index in [0.717, 1.165) is 18.4 Å². The van der Waals surface area contributed by atoms with E-state index in [9.17, 15) is 14.4 Å². The largest absolute Gasteiger partial charge is 0.444 e. The SMILES string of the molecule is Cc1cc(NC(=O)C(=O)N2CCC(C)CC2c2ccccc2)cnc1NC(=O)OC(C)(C)C. The molecule has 3 rings (SSSR count). The van der Waals surface area contributed by atoms with Crippen LogP contribution in [0.15, 0.2) is 42.6 Å². The van der Waals surface area contributed by atoms with E-state index in [-0.39, 0.29) is 6.04 Å². The van der Waals surface area contributed by atoms with Crippen molar-refractivity contribution in [1.29, 1.82) is 0 Å². The third kappa shape index (κ3) is 6.54. The summed E-state index contributed by atoms with van der Waals surface area (Å²) in [6, 6.07) is 11.3. The van der Waals surface area contributed by atoms with Crippen molar-refractivity contribution in [3.63, 3.8) is 0 Å². The number of piperidine rings is 1. The van der Waals surface area contributed by atoms with Crippen molar-refractivity contribution in [1.82, 2.24) is 9.88 Å². The fraction of sp³-hybridized carbons (Fsp3) is 0.440. The van der Waals surface area contributed by atoms with Gasteiger partial charge in [-0.15, -0.1) is 0 Å². The molecule has 0 saturated carbocycles. The van der Waals surface area contributed by atoms with Crippen LogP contribution in [0, 0.1) is 12.8 Å². The van der Waals surface area contributed by atoms with Gasteiger partial charge in [0.2, 0.25) is 0 Å². The molecular formula is C25H32N4O4. The van der Waals surface area contributed by atoms with Crippen molar-refractivity contribution in [3.05, 3.63) is 53.7 Å². The van der Waals surface area contributed by atoms with E-state index in [2.05, 4.69) is 22.5 Å². The molecule has 2 heterocycles. The Morgan fingerprint density at radius 1 is 1.12 bits per heavy atom. The first-order chi connectivity index (χ1) is 15.5. The molecule has 1 aliphatic heterocycles. The lowest BCUT2D eigenvalue weighted by molar-refractivity contribution is -0.146. The summed E-state index contributed by atoms with van der Waals surface area (Å²) in [5.41, 5.74) is 1.40. The van der Waals surface area contributed by atoms with Gasteiger partial charge in [0.05, 0.1) is 17.9 Å².